The maximum atomic E-state index is 12.9. The third kappa shape index (κ3) is 4.64. The first-order chi connectivity index (χ1) is 11.9. The lowest BCUT2D eigenvalue weighted by molar-refractivity contribution is -0.118. The average molecular weight is 344 g/mol. The molecular formula is C19H21FN2O3. The van der Waals surface area contributed by atoms with Crippen LogP contribution in [-0.4, -0.2) is 30.5 Å². The number of carbonyl (C=O) groups is 2. The minimum atomic E-state index is -0.952. The van der Waals surface area contributed by atoms with Crippen molar-refractivity contribution in [1.82, 2.24) is 5.32 Å². The molecule has 1 atom stereocenters. The molecule has 0 aromatic heterocycles. The molecule has 2 aromatic carbocycles. The fourth-order valence-electron chi connectivity index (χ4n) is 2.42. The molecule has 0 aliphatic heterocycles. The molecule has 0 heterocycles. The number of aliphatic hydroxyl groups is 1. The number of amides is 2. The molecule has 6 heteroatoms. The smallest absolute Gasteiger partial charge is 0.253 e. The zero-order valence-electron chi connectivity index (χ0n) is 14.2. The second kappa shape index (κ2) is 8.39. The van der Waals surface area contributed by atoms with E-state index < -0.39 is 17.8 Å². The number of carbonyl (C=O) groups excluding carboxylic acids is 2. The molecule has 0 radical (unpaired) electrons. The summed E-state index contributed by atoms with van der Waals surface area (Å²) in [6.07, 6.45) is -0.623. The van der Waals surface area contributed by atoms with Gasteiger partial charge in [0, 0.05) is 20.0 Å². The van der Waals surface area contributed by atoms with Gasteiger partial charge in [-0.05, 0) is 29.8 Å². The minimum absolute atomic E-state index is 0.0236. The van der Waals surface area contributed by atoms with E-state index in [4.69, 9.17) is 0 Å². The zero-order chi connectivity index (χ0) is 18.4. The predicted molar refractivity (Wildman–Crippen MR) is 93.8 cm³/mol. The standard InChI is InChI=1S/C19H21FN2O3/c1-3-18(24)22(2)16-7-5-4-6-15(16)19(25)21-12-17(23)13-8-10-14(20)11-9-13/h4-11,17,23H,3,12H2,1-2H3,(H,21,25). The van der Waals surface area contributed by atoms with Gasteiger partial charge in [0.25, 0.3) is 5.91 Å². The average Bonchev–Trinajstić information content (AvgIpc) is 2.65. The fraction of sp³-hybridized carbons (Fsp3) is 0.263. The summed E-state index contributed by atoms with van der Waals surface area (Å²) in [5.74, 6) is -0.892. The second-order valence-corrected chi connectivity index (χ2v) is 5.60. The van der Waals surface area contributed by atoms with Crippen molar-refractivity contribution in [2.75, 3.05) is 18.5 Å². The number of para-hydroxylation sites is 1. The van der Waals surface area contributed by atoms with Crippen LogP contribution in [0.3, 0.4) is 0 Å². The van der Waals surface area contributed by atoms with Gasteiger partial charge >= 0.3 is 0 Å². The van der Waals surface area contributed by atoms with Gasteiger partial charge in [0.05, 0.1) is 17.4 Å². The first kappa shape index (κ1) is 18.6. The van der Waals surface area contributed by atoms with Crippen LogP contribution >= 0.6 is 0 Å². The van der Waals surface area contributed by atoms with Gasteiger partial charge in [0.1, 0.15) is 5.82 Å². The van der Waals surface area contributed by atoms with Crippen LogP contribution in [-0.2, 0) is 4.79 Å². The van der Waals surface area contributed by atoms with E-state index in [0.717, 1.165) is 0 Å². The molecule has 2 aromatic rings. The molecule has 0 aliphatic rings. The SMILES string of the molecule is CCC(=O)N(C)c1ccccc1C(=O)NCC(O)c1ccc(F)cc1. The van der Waals surface area contributed by atoms with Crippen molar-refractivity contribution in [2.24, 2.45) is 0 Å². The maximum absolute atomic E-state index is 12.9. The molecule has 132 valence electrons. The van der Waals surface area contributed by atoms with Gasteiger partial charge in [0.15, 0.2) is 0 Å². The Balaban J connectivity index is 2.08. The van der Waals surface area contributed by atoms with Crippen LogP contribution in [0.15, 0.2) is 48.5 Å². The van der Waals surface area contributed by atoms with Crippen LogP contribution < -0.4 is 10.2 Å². The van der Waals surface area contributed by atoms with Gasteiger partial charge in [-0.25, -0.2) is 4.39 Å². The van der Waals surface area contributed by atoms with Gasteiger partial charge in [0.2, 0.25) is 5.91 Å². The largest absolute Gasteiger partial charge is 0.387 e. The zero-order valence-corrected chi connectivity index (χ0v) is 14.2. The van der Waals surface area contributed by atoms with E-state index in [2.05, 4.69) is 5.32 Å². The van der Waals surface area contributed by atoms with E-state index in [9.17, 15) is 19.1 Å². The molecule has 0 bridgehead atoms. The minimum Gasteiger partial charge on any atom is -0.387 e. The van der Waals surface area contributed by atoms with E-state index >= 15 is 0 Å². The molecule has 0 saturated carbocycles. The number of halogens is 1. The molecule has 25 heavy (non-hydrogen) atoms. The lowest BCUT2D eigenvalue weighted by Gasteiger charge is -2.20. The topological polar surface area (TPSA) is 69.6 Å². The third-order valence-electron chi connectivity index (χ3n) is 3.90. The Morgan fingerprint density at radius 2 is 1.80 bits per heavy atom. The molecule has 5 nitrogen and oxygen atoms in total. The van der Waals surface area contributed by atoms with Crippen LogP contribution in [0.5, 0.6) is 0 Å². The highest BCUT2D eigenvalue weighted by Crippen LogP contribution is 2.20. The van der Waals surface area contributed by atoms with Gasteiger partial charge in [-0.2, -0.15) is 0 Å². The molecule has 0 fully saturated rings. The molecule has 0 spiro atoms. The van der Waals surface area contributed by atoms with E-state index in [1.165, 1.54) is 29.2 Å². The summed E-state index contributed by atoms with van der Waals surface area (Å²) in [4.78, 5) is 25.8. The highest BCUT2D eigenvalue weighted by atomic mass is 19.1. The van der Waals surface area contributed by atoms with E-state index in [1.807, 2.05) is 0 Å². The van der Waals surface area contributed by atoms with Crippen molar-refractivity contribution in [2.45, 2.75) is 19.4 Å². The van der Waals surface area contributed by atoms with Crippen LogP contribution in [0.4, 0.5) is 10.1 Å². The lowest BCUT2D eigenvalue weighted by Crippen LogP contribution is -2.32. The Hall–Kier alpha value is -2.73. The Bertz CT molecular complexity index is 747. The normalized spacial score (nSPS) is 11.7. The van der Waals surface area contributed by atoms with Crippen molar-refractivity contribution < 1.29 is 19.1 Å². The summed E-state index contributed by atoms with van der Waals surface area (Å²) in [5.41, 5.74) is 1.36. The monoisotopic (exact) mass is 344 g/mol. The Morgan fingerprint density at radius 1 is 1.16 bits per heavy atom. The van der Waals surface area contributed by atoms with Crippen molar-refractivity contribution in [3.8, 4) is 0 Å². The molecule has 0 saturated heterocycles. The predicted octanol–water partition coefficient (Wildman–Crippen LogP) is 2.66. The second-order valence-electron chi connectivity index (χ2n) is 5.60. The molecule has 2 N–H and O–H groups in total. The van der Waals surface area contributed by atoms with Gasteiger partial charge < -0.3 is 15.3 Å². The highest BCUT2D eigenvalue weighted by Gasteiger charge is 2.18. The number of hydrogen-bond donors (Lipinski definition) is 2. The Labute approximate surface area is 146 Å². The quantitative estimate of drug-likeness (QED) is 0.846. The van der Waals surface area contributed by atoms with Crippen LogP contribution in [0.2, 0.25) is 0 Å². The van der Waals surface area contributed by atoms with Gasteiger partial charge in [-0.15, -0.1) is 0 Å². The van der Waals surface area contributed by atoms with E-state index in [0.29, 0.717) is 23.2 Å². The summed E-state index contributed by atoms with van der Waals surface area (Å²) in [6.45, 7) is 1.73. The molecule has 0 aliphatic carbocycles. The van der Waals surface area contributed by atoms with Gasteiger partial charge in [-0.3, -0.25) is 9.59 Å². The third-order valence-corrected chi connectivity index (χ3v) is 3.90. The summed E-state index contributed by atoms with van der Waals surface area (Å²) < 4.78 is 12.9. The van der Waals surface area contributed by atoms with Crippen LogP contribution in [0.1, 0.15) is 35.4 Å². The number of anilines is 1. The summed E-state index contributed by atoms with van der Waals surface area (Å²) in [7, 11) is 1.62. The number of hydrogen-bond acceptors (Lipinski definition) is 3. The number of nitrogens with zero attached hydrogens (tertiary/aromatic N) is 1. The van der Waals surface area contributed by atoms with Crippen molar-refractivity contribution >= 4 is 17.5 Å². The van der Waals surface area contributed by atoms with E-state index in [-0.39, 0.29) is 12.5 Å². The van der Waals surface area contributed by atoms with Crippen molar-refractivity contribution in [3.63, 3.8) is 0 Å². The molecule has 2 rings (SSSR count). The number of benzene rings is 2. The van der Waals surface area contributed by atoms with Gasteiger partial charge in [-0.1, -0.05) is 31.2 Å². The molecule has 1 unspecified atom stereocenters. The first-order valence-electron chi connectivity index (χ1n) is 8.01. The Kier molecular flexibility index (Phi) is 6.25. The van der Waals surface area contributed by atoms with E-state index in [1.54, 1.807) is 38.2 Å². The Morgan fingerprint density at radius 3 is 2.44 bits per heavy atom. The summed E-state index contributed by atoms with van der Waals surface area (Å²) in [5, 5.41) is 12.8. The number of rotatable bonds is 6. The van der Waals surface area contributed by atoms with Crippen molar-refractivity contribution in [3.05, 3.63) is 65.5 Å². The number of nitrogens with one attached hydrogen (secondary N) is 1. The summed E-state index contributed by atoms with van der Waals surface area (Å²) in [6, 6.07) is 12.2. The maximum Gasteiger partial charge on any atom is 0.253 e. The summed E-state index contributed by atoms with van der Waals surface area (Å²) >= 11 is 0. The first-order valence-corrected chi connectivity index (χ1v) is 8.01. The fourth-order valence-corrected chi connectivity index (χ4v) is 2.42. The highest BCUT2D eigenvalue weighted by molar-refractivity contribution is 6.04. The van der Waals surface area contributed by atoms with Crippen molar-refractivity contribution in [1.29, 1.82) is 0 Å². The number of aliphatic hydroxyl groups excluding tert-OH is 1. The molecular weight excluding hydrogens is 323 g/mol. The van der Waals surface area contributed by atoms with Crippen LogP contribution in [0.25, 0.3) is 0 Å². The molecule has 2 amide bonds. The lowest BCUT2D eigenvalue weighted by atomic mass is 10.1. The van der Waals surface area contributed by atoms with Crippen LogP contribution in [0, 0.1) is 5.82 Å².